The fourth-order valence-electron chi connectivity index (χ4n) is 3.99. The minimum atomic E-state index is 0.361. The first kappa shape index (κ1) is 14.6. The zero-order chi connectivity index (χ0) is 13.8. The third-order valence-electron chi connectivity index (χ3n) is 5.13. The molecule has 0 radical (unpaired) electrons. The van der Waals surface area contributed by atoms with Crippen LogP contribution in [-0.2, 0) is 4.74 Å². The van der Waals surface area contributed by atoms with Crippen molar-refractivity contribution in [1.82, 2.24) is 10.2 Å². The van der Waals surface area contributed by atoms with Gasteiger partial charge in [-0.25, -0.2) is 0 Å². The Morgan fingerprint density at radius 3 is 3.15 bits per heavy atom. The second-order valence-corrected chi connectivity index (χ2v) is 6.62. The van der Waals surface area contributed by atoms with Crippen LogP contribution in [0.15, 0.2) is 11.6 Å². The van der Waals surface area contributed by atoms with Crippen molar-refractivity contribution in [1.29, 1.82) is 0 Å². The molecule has 0 aromatic heterocycles. The third-order valence-corrected chi connectivity index (χ3v) is 5.13. The minimum Gasteiger partial charge on any atom is -0.373 e. The molecule has 0 aromatic rings. The number of nitrogens with zero attached hydrogens (tertiary/aromatic N) is 1. The lowest BCUT2D eigenvalue weighted by molar-refractivity contribution is -0.0596. The predicted octanol–water partition coefficient (Wildman–Crippen LogP) is 2.72. The van der Waals surface area contributed by atoms with E-state index in [1.54, 1.807) is 5.57 Å². The first-order chi connectivity index (χ1) is 9.88. The van der Waals surface area contributed by atoms with Crippen molar-refractivity contribution >= 4 is 0 Å². The lowest BCUT2D eigenvalue weighted by atomic mass is 9.90. The van der Waals surface area contributed by atoms with Crippen molar-refractivity contribution in [3.8, 4) is 0 Å². The van der Waals surface area contributed by atoms with E-state index in [9.17, 15) is 0 Å². The summed E-state index contributed by atoms with van der Waals surface area (Å²) in [5.41, 5.74) is 1.62. The summed E-state index contributed by atoms with van der Waals surface area (Å²) < 4.78 is 6.26. The lowest BCUT2D eigenvalue weighted by Crippen LogP contribution is -2.55. The van der Waals surface area contributed by atoms with Crippen LogP contribution in [0.3, 0.4) is 0 Å². The second kappa shape index (κ2) is 7.06. The summed E-state index contributed by atoms with van der Waals surface area (Å²) in [4.78, 5) is 2.66. The third kappa shape index (κ3) is 3.26. The molecule has 2 heterocycles. The Morgan fingerprint density at radius 1 is 1.40 bits per heavy atom. The molecular formula is C17H30N2O. The van der Waals surface area contributed by atoms with E-state index in [0.29, 0.717) is 18.2 Å². The van der Waals surface area contributed by atoms with Gasteiger partial charge in [0.1, 0.15) is 0 Å². The van der Waals surface area contributed by atoms with Crippen LogP contribution in [0.4, 0.5) is 0 Å². The highest BCUT2D eigenvalue weighted by Crippen LogP contribution is 2.28. The lowest BCUT2D eigenvalue weighted by Gasteiger charge is -2.40. The minimum absolute atomic E-state index is 0.361. The summed E-state index contributed by atoms with van der Waals surface area (Å²) in [7, 11) is 0. The molecule has 0 spiro atoms. The predicted molar refractivity (Wildman–Crippen MR) is 83.0 cm³/mol. The van der Waals surface area contributed by atoms with Gasteiger partial charge in [0, 0.05) is 12.6 Å². The summed E-state index contributed by atoms with van der Waals surface area (Å²) in [6.07, 6.45) is 12.0. The van der Waals surface area contributed by atoms with Crippen LogP contribution in [0, 0.1) is 0 Å². The Labute approximate surface area is 123 Å². The number of ether oxygens (including phenoxy) is 1. The van der Waals surface area contributed by atoms with Gasteiger partial charge >= 0.3 is 0 Å². The molecule has 3 aliphatic rings. The van der Waals surface area contributed by atoms with Crippen molar-refractivity contribution in [2.45, 2.75) is 70.1 Å². The molecular weight excluding hydrogens is 248 g/mol. The summed E-state index contributed by atoms with van der Waals surface area (Å²) in [6, 6.07) is 1.16. The highest BCUT2D eigenvalue weighted by Gasteiger charge is 2.36. The Kier molecular flexibility index (Phi) is 5.14. The molecule has 3 unspecified atom stereocenters. The molecule has 3 nitrogen and oxygen atoms in total. The van der Waals surface area contributed by atoms with E-state index in [4.69, 9.17) is 4.74 Å². The molecule has 0 amide bonds. The van der Waals surface area contributed by atoms with Gasteiger partial charge in [0.25, 0.3) is 0 Å². The van der Waals surface area contributed by atoms with Gasteiger partial charge in [-0.3, -0.25) is 4.90 Å². The molecule has 2 saturated heterocycles. The normalized spacial score (nSPS) is 32.8. The summed E-state index contributed by atoms with van der Waals surface area (Å²) in [6.45, 7) is 6.71. The van der Waals surface area contributed by atoms with E-state index in [1.165, 1.54) is 51.5 Å². The highest BCUT2D eigenvalue weighted by molar-refractivity contribution is 5.16. The van der Waals surface area contributed by atoms with Gasteiger partial charge < -0.3 is 10.1 Å². The van der Waals surface area contributed by atoms with Gasteiger partial charge in [-0.2, -0.15) is 0 Å². The maximum atomic E-state index is 6.26. The molecule has 1 aliphatic carbocycles. The number of rotatable bonds is 5. The molecule has 0 aromatic carbocycles. The molecule has 3 rings (SSSR count). The van der Waals surface area contributed by atoms with Crippen LogP contribution < -0.4 is 5.32 Å². The number of morpholine rings is 1. The van der Waals surface area contributed by atoms with Gasteiger partial charge in [-0.1, -0.05) is 18.6 Å². The van der Waals surface area contributed by atoms with E-state index < -0.39 is 0 Å². The van der Waals surface area contributed by atoms with Gasteiger partial charge in [0.15, 0.2) is 0 Å². The monoisotopic (exact) mass is 278 g/mol. The summed E-state index contributed by atoms with van der Waals surface area (Å²) >= 11 is 0. The van der Waals surface area contributed by atoms with Crippen LogP contribution >= 0.6 is 0 Å². The van der Waals surface area contributed by atoms with E-state index in [2.05, 4.69) is 23.2 Å². The van der Waals surface area contributed by atoms with Gasteiger partial charge in [0.2, 0.25) is 0 Å². The van der Waals surface area contributed by atoms with Gasteiger partial charge in [-0.15, -0.1) is 0 Å². The highest BCUT2D eigenvalue weighted by atomic mass is 16.5. The number of nitrogens with one attached hydrogen (secondary N) is 1. The van der Waals surface area contributed by atoms with E-state index in [-0.39, 0.29) is 0 Å². The van der Waals surface area contributed by atoms with Crippen molar-refractivity contribution in [2.75, 3.05) is 26.2 Å². The summed E-state index contributed by atoms with van der Waals surface area (Å²) in [5.74, 6) is 0. The standard InChI is InChI=1S/C17H30N2O/c1-2-10-18-17(14-7-4-3-5-8-14)16-12-19-11-6-9-15(19)13-20-16/h7,15-18H,2-6,8-13H2,1H3. The number of hydrogen-bond donors (Lipinski definition) is 1. The molecule has 20 heavy (non-hydrogen) atoms. The molecule has 114 valence electrons. The average molecular weight is 278 g/mol. The fourth-order valence-corrected chi connectivity index (χ4v) is 3.99. The van der Waals surface area contributed by atoms with Crippen molar-refractivity contribution < 1.29 is 4.74 Å². The van der Waals surface area contributed by atoms with Crippen LogP contribution in [0.25, 0.3) is 0 Å². The molecule has 2 aliphatic heterocycles. The smallest absolute Gasteiger partial charge is 0.0893 e. The first-order valence-electron chi connectivity index (χ1n) is 8.66. The second-order valence-electron chi connectivity index (χ2n) is 6.62. The van der Waals surface area contributed by atoms with E-state index in [1.807, 2.05) is 0 Å². The maximum absolute atomic E-state index is 6.26. The molecule has 2 fully saturated rings. The Hall–Kier alpha value is -0.380. The van der Waals surface area contributed by atoms with Crippen LogP contribution in [0.2, 0.25) is 0 Å². The van der Waals surface area contributed by atoms with Crippen molar-refractivity contribution in [3.63, 3.8) is 0 Å². The quantitative estimate of drug-likeness (QED) is 0.783. The van der Waals surface area contributed by atoms with Crippen molar-refractivity contribution in [2.24, 2.45) is 0 Å². The SMILES string of the molecule is CCCNC(C1=CCCCC1)C1CN2CCCC2CO1. The topological polar surface area (TPSA) is 24.5 Å². The molecule has 3 heteroatoms. The fraction of sp³-hybridized carbons (Fsp3) is 0.882. The van der Waals surface area contributed by atoms with E-state index >= 15 is 0 Å². The molecule has 1 N–H and O–H groups in total. The Morgan fingerprint density at radius 2 is 2.35 bits per heavy atom. The zero-order valence-electron chi connectivity index (χ0n) is 12.9. The average Bonchev–Trinajstić information content (AvgIpc) is 2.96. The molecule has 0 saturated carbocycles. The zero-order valence-corrected chi connectivity index (χ0v) is 12.9. The van der Waals surface area contributed by atoms with E-state index in [0.717, 1.165) is 19.7 Å². The maximum Gasteiger partial charge on any atom is 0.0893 e. The van der Waals surface area contributed by atoms with Gasteiger partial charge in [0.05, 0.1) is 18.8 Å². The number of hydrogen-bond acceptors (Lipinski definition) is 3. The molecule has 0 bridgehead atoms. The number of fused-ring (bicyclic) bond motifs is 1. The van der Waals surface area contributed by atoms with Crippen LogP contribution in [0.5, 0.6) is 0 Å². The summed E-state index contributed by atoms with van der Waals surface area (Å²) in [5, 5.41) is 3.77. The van der Waals surface area contributed by atoms with Crippen molar-refractivity contribution in [3.05, 3.63) is 11.6 Å². The first-order valence-corrected chi connectivity index (χ1v) is 8.66. The van der Waals surface area contributed by atoms with Crippen LogP contribution in [0.1, 0.15) is 51.9 Å². The Bertz CT molecular complexity index is 342. The Balaban J connectivity index is 1.66. The van der Waals surface area contributed by atoms with Gasteiger partial charge in [-0.05, 0) is 58.0 Å². The largest absolute Gasteiger partial charge is 0.373 e. The number of allylic oxidation sites excluding steroid dienone is 1. The molecule has 3 atom stereocenters. The van der Waals surface area contributed by atoms with Crippen LogP contribution in [-0.4, -0.2) is 49.3 Å².